The van der Waals surface area contributed by atoms with E-state index < -0.39 is 6.10 Å². The van der Waals surface area contributed by atoms with E-state index in [0.717, 1.165) is 44.9 Å². The fraction of sp³-hybridized carbons (Fsp3) is 0.892. The smallest absolute Gasteiger partial charge is 0.306 e. The lowest BCUT2D eigenvalue weighted by molar-refractivity contribution is -0.161. The molecule has 0 aromatic rings. The molecule has 0 aliphatic heterocycles. The molecule has 0 radical (unpaired) electrons. The summed E-state index contributed by atoms with van der Waals surface area (Å²) in [5.74, 6) is -0.593. The van der Waals surface area contributed by atoms with E-state index in [1.54, 1.807) is 0 Å². The second-order valence-electron chi connectivity index (χ2n) is 12.3. The Morgan fingerprint density at radius 2 is 0.881 bits per heavy atom. The lowest BCUT2D eigenvalue weighted by Gasteiger charge is -2.15. The first-order valence-corrected chi connectivity index (χ1v) is 18.2. The van der Waals surface area contributed by atoms with Crippen molar-refractivity contribution < 1.29 is 24.2 Å². The number of carbonyl (C=O) groups excluding carboxylic acids is 2. The Hall–Kier alpha value is -1.36. The lowest BCUT2D eigenvalue weighted by atomic mass is 10.0. The van der Waals surface area contributed by atoms with E-state index in [2.05, 4.69) is 26.0 Å². The normalized spacial score (nSPS) is 12.2. The zero-order valence-electron chi connectivity index (χ0n) is 28.0. The highest BCUT2D eigenvalue weighted by atomic mass is 16.6. The van der Waals surface area contributed by atoms with E-state index in [0.29, 0.717) is 12.8 Å². The Morgan fingerprint density at radius 3 is 1.31 bits per heavy atom. The van der Waals surface area contributed by atoms with Crippen LogP contribution in [0.2, 0.25) is 0 Å². The highest BCUT2D eigenvalue weighted by molar-refractivity contribution is 5.70. The van der Waals surface area contributed by atoms with Gasteiger partial charge in [0.05, 0.1) is 6.61 Å². The molecule has 0 heterocycles. The zero-order valence-corrected chi connectivity index (χ0v) is 28.0. The number of hydrogen-bond donors (Lipinski definition) is 1. The second kappa shape index (κ2) is 34.1. The van der Waals surface area contributed by atoms with Gasteiger partial charge in [-0.3, -0.25) is 9.59 Å². The molecular formula is C37H70O5. The molecule has 0 aromatic carbocycles. The van der Waals surface area contributed by atoms with E-state index in [1.807, 2.05) is 0 Å². The Morgan fingerprint density at radius 1 is 0.524 bits per heavy atom. The van der Waals surface area contributed by atoms with Crippen LogP contribution in [0.3, 0.4) is 0 Å². The van der Waals surface area contributed by atoms with E-state index in [-0.39, 0.29) is 25.2 Å². The average molecular weight is 595 g/mol. The highest BCUT2D eigenvalue weighted by Gasteiger charge is 2.16. The SMILES string of the molecule is CCCCCC/C=C\CCCCCCCC(=O)OCC(CO)OC(=O)CCCCCCCCCCCCCCCCC. The van der Waals surface area contributed by atoms with E-state index in [9.17, 15) is 14.7 Å². The molecule has 248 valence electrons. The van der Waals surface area contributed by atoms with Gasteiger partial charge >= 0.3 is 11.9 Å². The van der Waals surface area contributed by atoms with Gasteiger partial charge in [-0.05, 0) is 38.5 Å². The van der Waals surface area contributed by atoms with Gasteiger partial charge in [0, 0.05) is 12.8 Å². The molecule has 0 aliphatic rings. The van der Waals surface area contributed by atoms with Gasteiger partial charge in [-0.25, -0.2) is 0 Å². The summed E-state index contributed by atoms with van der Waals surface area (Å²) in [4.78, 5) is 24.1. The maximum atomic E-state index is 12.1. The van der Waals surface area contributed by atoms with Crippen LogP contribution in [-0.2, 0) is 19.1 Å². The molecule has 0 saturated carbocycles. The number of carbonyl (C=O) groups is 2. The van der Waals surface area contributed by atoms with Crippen LogP contribution in [0.25, 0.3) is 0 Å². The van der Waals surface area contributed by atoms with Crippen LogP contribution in [0.5, 0.6) is 0 Å². The van der Waals surface area contributed by atoms with Gasteiger partial charge in [0.2, 0.25) is 0 Å². The number of allylic oxidation sites excluding steroid dienone is 2. The van der Waals surface area contributed by atoms with E-state index in [1.165, 1.54) is 122 Å². The predicted molar refractivity (Wildman–Crippen MR) is 178 cm³/mol. The van der Waals surface area contributed by atoms with Crippen molar-refractivity contribution >= 4 is 11.9 Å². The van der Waals surface area contributed by atoms with E-state index >= 15 is 0 Å². The van der Waals surface area contributed by atoms with E-state index in [4.69, 9.17) is 9.47 Å². The monoisotopic (exact) mass is 595 g/mol. The number of ether oxygens (including phenoxy) is 2. The summed E-state index contributed by atoms with van der Waals surface area (Å²) in [7, 11) is 0. The summed E-state index contributed by atoms with van der Waals surface area (Å²) in [6.45, 7) is 4.12. The molecule has 5 nitrogen and oxygen atoms in total. The van der Waals surface area contributed by atoms with Crippen LogP contribution < -0.4 is 0 Å². The van der Waals surface area contributed by atoms with Gasteiger partial charge in [-0.15, -0.1) is 0 Å². The van der Waals surface area contributed by atoms with Crippen molar-refractivity contribution in [1.29, 1.82) is 0 Å². The molecule has 0 bridgehead atoms. The van der Waals surface area contributed by atoms with Gasteiger partial charge in [-0.2, -0.15) is 0 Å². The number of unbranched alkanes of at least 4 members (excludes halogenated alkanes) is 23. The van der Waals surface area contributed by atoms with Crippen LogP contribution in [0, 0.1) is 0 Å². The van der Waals surface area contributed by atoms with Gasteiger partial charge in [-0.1, -0.05) is 154 Å². The maximum Gasteiger partial charge on any atom is 0.306 e. The molecule has 1 atom stereocenters. The molecule has 0 spiro atoms. The first-order chi connectivity index (χ1) is 20.6. The van der Waals surface area contributed by atoms with Crippen LogP contribution in [0.1, 0.15) is 194 Å². The number of hydrogen-bond acceptors (Lipinski definition) is 5. The minimum Gasteiger partial charge on any atom is -0.462 e. The van der Waals surface area contributed by atoms with Gasteiger partial charge in [0.15, 0.2) is 6.10 Å². The Labute approximate surface area is 261 Å². The van der Waals surface area contributed by atoms with Gasteiger partial charge in [0.25, 0.3) is 0 Å². The number of aliphatic hydroxyl groups is 1. The second-order valence-corrected chi connectivity index (χ2v) is 12.3. The molecule has 0 aromatic heterocycles. The highest BCUT2D eigenvalue weighted by Crippen LogP contribution is 2.14. The molecular weight excluding hydrogens is 524 g/mol. The topological polar surface area (TPSA) is 72.8 Å². The third-order valence-corrected chi connectivity index (χ3v) is 8.06. The number of rotatable bonds is 33. The summed E-state index contributed by atoms with van der Waals surface area (Å²) in [6.07, 6.45) is 36.9. The minimum absolute atomic E-state index is 0.0648. The molecule has 1 unspecified atom stereocenters. The standard InChI is InChI=1S/C37H70O5/c1-3-5-7-9-11-13-15-17-18-20-22-24-26-28-30-32-37(40)42-35(33-38)34-41-36(39)31-29-27-25-23-21-19-16-14-12-10-8-6-4-2/h14,16,35,38H,3-13,15,17-34H2,1-2H3/b16-14-. The Kier molecular flexibility index (Phi) is 33.0. The molecule has 0 fully saturated rings. The quantitative estimate of drug-likeness (QED) is 0.0465. The third-order valence-electron chi connectivity index (χ3n) is 8.06. The number of aliphatic hydroxyl groups excluding tert-OH is 1. The van der Waals surface area contributed by atoms with Crippen molar-refractivity contribution in [1.82, 2.24) is 0 Å². The predicted octanol–water partition coefficient (Wildman–Crippen LogP) is 11.0. The van der Waals surface area contributed by atoms with Crippen molar-refractivity contribution in [2.24, 2.45) is 0 Å². The van der Waals surface area contributed by atoms with Crippen molar-refractivity contribution in [3.63, 3.8) is 0 Å². The summed E-state index contributed by atoms with van der Waals surface area (Å²) >= 11 is 0. The van der Waals surface area contributed by atoms with Crippen molar-refractivity contribution in [2.45, 2.75) is 200 Å². The van der Waals surface area contributed by atoms with Crippen LogP contribution >= 0.6 is 0 Å². The van der Waals surface area contributed by atoms with Crippen LogP contribution in [0.4, 0.5) is 0 Å². The van der Waals surface area contributed by atoms with Crippen molar-refractivity contribution in [3.8, 4) is 0 Å². The van der Waals surface area contributed by atoms with Crippen LogP contribution in [-0.4, -0.2) is 36.4 Å². The van der Waals surface area contributed by atoms with Crippen molar-refractivity contribution in [2.75, 3.05) is 13.2 Å². The zero-order chi connectivity index (χ0) is 30.8. The Bertz CT molecular complexity index is 603. The maximum absolute atomic E-state index is 12.1. The fourth-order valence-electron chi connectivity index (χ4n) is 5.25. The lowest BCUT2D eigenvalue weighted by Crippen LogP contribution is -2.28. The van der Waals surface area contributed by atoms with Crippen LogP contribution in [0.15, 0.2) is 12.2 Å². The fourth-order valence-corrected chi connectivity index (χ4v) is 5.25. The third kappa shape index (κ3) is 31.6. The summed E-state index contributed by atoms with van der Waals surface area (Å²) in [5, 5.41) is 9.52. The largest absolute Gasteiger partial charge is 0.462 e. The molecule has 1 N–H and O–H groups in total. The van der Waals surface area contributed by atoms with Gasteiger partial charge in [0.1, 0.15) is 6.61 Å². The molecule has 5 heteroatoms. The molecule has 0 amide bonds. The summed E-state index contributed by atoms with van der Waals surface area (Å²) in [6, 6.07) is 0. The Balaban J connectivity index is 3.54. The average Bonchev–Trinajstić information content (AvgIpc) is 2.99. The van der Waals surface area contributed by atoms with Crippen molar-refractivity contribution in [3.05, 3.63) is 12.2 Å². The van der Waals surface area contributed by atoms with Gasteiger partial charge < -0.3 is 14.6 Å². The number of esters is 2. The minimum atomic E-state index is -0.766. The molecule has 42 heavy (non-hydrogen) atoms. The summed E-state index contributed by atoms with van der Waals surface area (Å²) in [5.41, 5.74) is 0. The summed E-state index contributed by atoms with van der Waals surface area (Å²) < 4.78 is 10.6. The molecule has 0 saturated heterocycles. The molecule has 0 aliphatic carbocycles. The molecule has 0 rings (SSSR count). The first kappa shape index (κ1) is 40.6. The first-order valence-electron chi connectivity index (χ1n) is 18.2.